The largest absolute Gasteiger partial charge is 0.472 e. The second-order valence-corrected chi connectivity index (χ2v) is 18.5. The number of rotatable bonds is 48. The lowest BCUT2D eigenvalue weighted by molar-refractivity contribution is -0.161. The number of hydrogen-bond acceptors (Lipinski definition) is 8. The van der Waals surface area contributed by atoms with Gasteiger partial charge in [-0.15, -0.1) is 0 Å². The summed E-state index contributed by atoms with van der Waals surface area (Å²) in [6.45, 7) is 3.57. The number of esters is 2. The second kappa shape index (κ2) is 52.0. The quantitative estimate of drug-likeness (QED) is 0.0264. The minimum atomic E-state index is -4.39. The van der Waals surface area contributed by atoms with Crippen LogP contribution >= 0.6 is 7.82 Å². The zero-order valence-electron chi connectivity index (χ0n) is 42.3. The van der Waals surface area contributed by atoms with Crippen LogP contribution < -0.4 is 5.73 Å². The smallest absolute Gasteiger partial charge is 0.462 e. The summed E-state index contributed by atoms with van der Waals surface area (Å²) in [6, 6.07) is 0. The molecule has 0 heterocycles. The Morgan fingerprint density at radius 2 is 0.821 bits per heavy atom. The van der Waals surface area contributed by atoms with Crippen molar-refractivity contribution in [3.05, 3.63) is 109 Å². The third kappa shape index (κ3) is 51.9. The van der Waals surface area contributed by atoms with Crippen LogP contribution in [0.1, 0.15) is 206 Å². The topological polar surface area (TPSA) is 134 Å². The summed E-state index contributed by atoms with van der Waals surface area (Å²) >= 11 is 0. The number of nitrogens with two attached hydrogens (primary N) is 1. The number of unbranched alkanes of at least 4 members (excludes halogenated alkanes) is 17. The number of phosphoric ester groups is 1. The number of allylic oxidation sites excluding steroid dienone is 18. The lowest BCUT2D eigenvalue weighted by Gasteiger charge is -2.19. The van der Waals surface area contributed by atoms with Crippen molar-refractivity contribution in [2.75, 3.05) is 26.4 Å². The molecule has 0 aliphatic carbocycles. The predicted octanol–water partition coefficient (Wildman–Crippen LogP) is 16.3. The Morgan fingerprint density at radius 3 is 1.24 bits per heavy atom. The molecule has 382 valence electrons. The summed E-state index contributed by atoms with van der Waals surface area (Å²) in [5.41, 5.74) is 5.36. The molecule has 0 saturated carbocycles. The van der Waals surface area contributed by atoms with Crippen molar-refractivity contribution >= 4 is 19.8 Å². The Labute approximate surface area is 409 Å². The highest BCUT2D eigenvalue weighted by Crippen LogP contribution is 2.43. The molecule has 0 fully saturated rings. The molecule has 2 unspecified atom stereocenters. The zero-order valence-corrected chi connectivity index (χ0v) is 43.2. The molecule has 10 heteroatoms. The molecule has 0 spiro atoms. The summed E-state index contributed by atoms with van der Waals surface area (Å²) in [6.07, 6.45) is 69.9. The molecule has 3 N–H and O–H groups in total. The maximum Gasteiger partial charge on any atom is 0.472 e. The molecule has 0 aliphatic heterocycles. The molecule has 0 aromatic carbocycles. The van der Waals surface area contributed by atoms with Gasteiger partial charge in [-0.25, -0.2) is 4.57 Å². The fourth-order valence-corrected chi connectivity index (χ4v) is 7.53. The first-order chi connectivity index (χ1) is 32.8. The van der Waals surface area contributed by atoms with E-state index in [1.54, 1.807) is 0 Å². The molecule has 0 aromatic rings. The molecule has 0 rings (SSSR count). The molecule has 0 radical (unpaired) electrons. The van der Waals surface area contributed by atoms with Crippen molar-refractivity contribution in [3.8, 4) is 0 Å². The standard InChI is InChI=1S/C57H96NO8P/c1-3-5-7-9-11-13-15-17-18-19-20-21-22-23-24-25-26-27-28-29-30-31-32-33-34-35-36-38-40-42-44-46-48-50-57(60)66-55(54-65-67(61,62)64-52-51-58)53-63-56(59)49-47-45-43-41-39-37-16-14-12-10-8-6-4-2/h5,7,11,13-14,16-18,20-21,23-24,26-27,29-30,32-33,55H,3-4,6,8-10,12,15,19,22,25,28,31,34-54,58H2,1-2H3,(H,61,62)/b7-5-,13-11-,16-14-,18-17-,21-20-,24-23-,27-26-,30-29-,33-32-. The molecule has 0 saturated heterocycles. The Hall–Kier alpha value is -3.33. The van der Waals surface area contributed by atoms with Crippen molar-refractivity contribution in [2.24, 2.45) is 5.73 Å². The molecular weight excluding hydrogens is 858 g/mol. The molecule has 2 atom stereocenters. The number of hydrogen-bond donors (Lipinski definition) is 2. The monoisotopic (exact) mass is 954 g/mol. The summed E-state index contributed by atoms with van der Waals surface area (Å²) in [5.74, 6) is -0.855. The van der Waals surface area contributed by atoms with Crippen molar-refractivity contribution in [2.45, 2.75) is 213 Å². The van der Waals surface area contributed by atoms with E-state index in [9.17, 15) is 19.0 Å². The summed E-state index contributed by atoms with van der Waals surface area (Å²) < 4.78 is 32.9. The van der Waals surface area contributed by atoms with Gasteiger partial charge in [0.1, 0.15) is 6.61 Å². The van der Waals surface area contributed by atoms with Gasteiger partial charge in [0.25, 0.3) is 0 Å². The van der Waals surface area contributed by atoms with Gasteiger partial charge in [0, 0.05) is 19.4 Å². The van der Waals surface area contributed by atoms with Crippen LogP contribution in [0.5, 0.6) is 0 Å². The summed E-state index contributed by atoms with van der Waals surface area (Å²) in [5, 5.41) is 0. The van der Waals surface area contributed by atoms with Crippen LogP contribution in [-0.2, 0) is 32.7 Å². The molecule has 0 aliphatic rings. The number of carbonyl (C=O) groups is 2. The minimum Gasteiger partial charge on any atom is -0.462 e. The third-order valence-corrected chi connectivity index (χ3v) is 11.6. The average Bonchev–Trinajstić information content (AvgIpc) is 3.32. The van der Waals surface area contributed by atoms with Gasteiger partial charge in [-0.2, -0.15) is 0 Å². The van der Waals surface area contributed by atoms with Gasteiger partial charge in [0.15, 0.2) is 6.10 Å². The van der Waals surface area contributed by atoms with Gasteiger partial charge in [-0.1, -0.05) is 200 Å². The SMILES string of the molecule is CC/C=C\C/C=C\C/C=C\C/C=C\C/C=C\C/C=C\C/C=C\C/C=C\CCCCCCCCCCC(=O)OC(COC(=O)CCCCCCC/C=C\CCCCCC)COP(=O)(O)OCCN. The van der Waals surface area contributed by atoms with Crippen LogP contribution in [-0.4, -0.2) is 49.3 Å². The Bertz CT molecular complexity index is 1460. The van der Waals surface area contributed by atoms with Gasteiger partial charge in [0.05, 0.1) is 13.2 Å². The van der Waals surface area contributed by atoms with Gasteiger partial charge in [0.2, 0.25) is 0 Å². The van der Waals surface area contributed by atoms with Crippen LogP contribution in [0, 0.1) is 0 Å². The van der Waals surface area contributed by atoms with Gasteiger partial charge < -0.3 is 20.1 Å². The molecule has 67 heavy (non-hydrogen) atoms. The molecule has 0 aromatic heterocycles. The van der Waals surface area contributed by atoms with Crippen LogP contribution in [0.3, 0.4) is 0 Å². The van der Waals surface area contributed by atoms with E-state index < -0.39 is 32.5 Å². The highest BCUT2D eigenvalue weighted by Gasteiger charge is 2.26. The molecule has 0 amide bonds. The van der Waals surface area contributed by atoms with Crippen LogP contribution in [0.15, 0.2) is 109 Å². The second-order valence-electron chi connectivity index (χ2n) is 17.0. The number of phosphoric acid groups is 1. The third-order valence-electron chi connectivity index (χ3n) is 10.6. The van der Waals surface area contributed by atoms with Crippen LogP contribution in [0.2, 0.25) is 0 Å². The summed E-state index contributed by atoms with van der Waals surface area (Å²) in [4.78, 5) is 35.0. The van der Waals surface area contributed by atoms with Crippen molar-refractivity contribution in [3.63, 3.8) is 0 Å². The van der Waals surface area contributed by atoms with Crippen molar-refractivity contribution < 1.29 is 37.6 Å². The fourth-order valence-electron chi connectivity index (χ4n) is 6.76. The molecule has 9 nitrogen and oxygen atoms in total. The van der Waals surface area contributed by atoms with E-state index in [1.165, 1.54) is 57.8 Å². The van der Waals surface area contributed by atoms with Crippen molar-refractivity contribution in [1.29, 1.82) is 0 Å². The van der Waals surface area contributed by atoms with E-state index in [0.29, 0.717) is 6.42 Å². The van der Waals surface area contributed by atoms with E-state index >= 15 is 0 Å². The van der Waals surface area contributed by atoms with Crippen LogP contribution in [0.25, 0.3) is 0 Å². The summed E-state index contributed by atoms with van der Waals surface area (Å²) in [7, 11) is -4.39. The predicted molar refractivity (Wildman–Crippen MR) is 284 cm³/mol. The first-order valence-electron chi connectivity index (χ1n) is 26.4. The van der Waals surface area contributed by atoms with Gasteiger partial charge in [-0.05, 0) is 103 Å². The molecule has 0 bridgehead atoms. The molecular formula is C57H96NO8P. The lowest BCUT2D eigenvalue weighted by atomic mass is 10.1. The zero-order chi connectivity index (χ0) is 48.8. The van der Waals surface area contributed by atoms with Gasteiger partial charge in [-0.3, -0.25) is 18.6 Å². The van der Waals surface area contributed by atoms with Crippen LogP contribution in [0.4, 0.5) is 0 Å². The van der Waals surface area contributed by atoms with E-state index in [1.807, 2.05) is 0 Å². The lowest BCUT2D eigenvalue weighted by Crippen LogP contribution is -2.29. The average molecular weight is 954 g/mol. The Kier molecular flexibility index (Phi) is 49.5. The number of ether oxygens (including phenoxy) is 2. The first-order valence-corrected chi connectivity index (χ1v) is 27.9. The maximum absolute atomic E-state index is 12.7. The minimum absolute atomic E-state index is 0.0457. The van der Waals surface area contributed by atoms with E-state index in [-0.39, 0.29) is 32.6 Å². The van der Waals surface area contributed by atoms with E-state index in [4.69, 9.17) is 24.3 Å². The maximum atomic E-state index is 12.7. The van der Waals surface area contributed by atoms with Gasteiger partial charge >= 0.3 is 19.8 Å². The fraction of sp³-hybridized carbons (Fsp3) is 0.649. The highest BCUT2D eigenvalue weighted by molar-refractivity contribution is 7.47. The first kappa shape index (κ1) is 63.7. The Morgan fingerprint density at radius 1 is 0.463 bits per heavy atom. The highest BCUT2D eigenvalue weighted by atomic mass is 31.2. The Balaban J connectivity index is 4.04. The number of carbonyl (C=O) groups excluding carboxylic acids is 2. The van der Waals surface area contributed by atoms with E-state index in [0.717, 1.165) is 116 Å². The normalized spacial score (nSPS) is 14.0. The van der Waals surface area contributed by atoms with Crippen molar-refractivity contribution in [1.82, 2.24) is 0 Å². The van der Waals surface area contributed by atoms with E-state index in [2.05, 4.69) is 123 Å².